The SMILES string of the molecule is CCOC(=O)N1CCN(C(=O)NC2CC(=O)N(c3ccc(C)c(C)c3)C2)CC1. The van der Waals surface area contributed by atoms with Crippen molar-refractivity contribution < 1.29 is 19.1 Å². The smallest absolute Gasteiger partial charge is 0.409 e. The number of rotatable bonds is 3. The molecule has 152 valence electrons. The van der Waals surface area contributed by atoms with Crippen LogP contribution in [0, 0.1) is 13.8 Å². The number of piperazine rings is 1. The minimum atomic E-state index is -0.340. The van der Waals surface area contributed by atoms with E-state index in [-0.39, 0.29) is 24.1 Å². The first kappa shape index (κ1) is 20.0. The molecular weight excluding hydrogens is 360 g/mol. The van der Waals surface area contributed by atoms with Crippen LogP contribution in [0.4, 0.5) is 15.3 Å². The third kappa shape index (κ3) is 4.37. The van der Waals surface area contributed by atoms with E-state index in [9.17, 15) is 14.4 Å². The number of carbonyl (C=O) groups excluding carboxylic acids is 3. The first-order valence-corrected chi connectivity index (χ1v) is 9.73. The molecule has 3 rings (SSSR count). The number of nitrogens with zero attached hydrogens (tertiary/aromatic N) is 3. The zero-order valence-electron chi connectivity index (χ0n) is 16.7. The highest BCUT2D eigenvalue weighted by Gasteiger charge is 2.33. The molecule has 0 saturated carbocycles. The fraction of sp³-hybridized carbons (Fsp3) is 0.550. The summed E-state index contributed by atoms with van der Waals surface area (Å²) < 4.78 is 4.99. The minimum Gasteiger partial charge on any atom is -0.450 e. The summed E-state index contributed by atoms with van der Waals surface area (Å²) in [6, 6.07) is 5.55. The molecule has 2 saturated heterocycles. The van der Waals surface area contributed by atoms with Crippen LogP contribution in [0.5, 0.6) is 0 Å². The Morgan fingerprint density at radius 2 is 1.79 bits per heavy atom. The Balaban J connectivity index is 1.52. The number of nitrogens with one attached hydrogen (secondary N) is 1. The first-order chi connectivity index (χ1) is 13.4. The predicted molar refractivity (Wildman–Crippen MR) is 105 cm³/mol. The van der Waals surface area contributed by atoms with Crippen molar-refractivity contribution in [2.75, 3.05) is 44.2 Å². The molecule has 1 aromatic rings. The van der Waals surface area contributed by atoms with Crippen LogP contribution in [0.15, 0.2) is 18.2 Å². The average molecular weight is 388 g/mol. The summed E-state index contributed by atoms with van der Waals surface area (Å²) in [7, 11) is 0. The number of anilines is 1. The van der Waals surface area contributed by atoms with Gasteiger partial charge in [0.25, 0.3) is 0 Å². The maximum atomic E-state index is 12.6. The van der Waals surface area contributed by atoms with Crippen molar-refractivity contribution in [3.8, 4) is 0 Å². The van der Waals surface area contributed by atoms with E-state index in [0.29, 0.717) is 45.8 Å². The van der Waals surface area contributed by atoms with E-state index >= 15 is 0 Å². The Labute approximate surface area is 165 Å². The van der Waals surface area contributed by atoms with E-state index in [0.717, 1.165) is 11.3 Å². The zero-order chi connectivity index (χ0) is 20.3. The lowest BCUT2D eigenvalue weighted by Gasteiger charge is -2.34. The van der Waals surface area contributed by atoms with Crippen molar-refractivity contribution in [2.45, 2.75) is 33.2 Å². The largest absolute Gasteiger partial charge is 0.450 e. The van der Waals surface area contributed by atoms with Crippen molar-refractivity contribution in [3.63, 3.8) is 0 Å². The second kappa shape index (κ2) is 8.50. The first-order valence-electron chi connectivity index (χ1n) is 9.73. The number of benzene rings is 1. The monoisotopic (exact) mass is 388 g/mol. The number of carbonyl (C=O) groups is 3. The van der Waals surface area contributed by atoms with Crippen LogP contribution in [0.25, 0.3) is 0 Å². The lowest BCUT2D eigenvalue weighted by Crippen LogP contribution is -2.54. The van der Waals surface area contributed by atoms with Crippen molar-refractivity contribution >= 4 is 23.7 Å². The Bertz CT molecular complexity index is 759. The lowest BCUT2D eigenvalue weighted by atomic mass is 10.1. The summed E-state index contributed by atoms with van der Waals surface area (Å²) in [6.45, 7) is 8.44. The molecule has 2 heterocycles. The minimum absolute atomic E-state index is 0.0145. The van der Waals surface area contributed by atoms with Crippen LogP contribution >= 0.6 is 0 Å². The summed E-state index contributed by atoms with van der Waals surface area (Å²) >= 11 is 0. The van der Waals surface area contributed by atoms with Crippen LogP contribution < -0.4 is 10.2 Å². The molecule has 1 unspecified atom stereocenters. The molecule has 1 atom stereocenters. The highest BCUT2D eigenvalue weighted by molar-refractivity contribution is 5.97. The molecule has 2 aliphatic rings. The number of ether oxygens (including phenoxy) is 1. The Kier molecular flexibility index (Phi) is 6.06. The summed E-state index contributed by atoms with van der Waals surface area (Å²) in [4.78, 5) is 41.7. The highest BCUT2D eigenvalue weighted by atomic mass is 16.6. The molecule has 28 heavy (non-hydrogen) atoms. The molecule has 8 nitrogen and oxygen atoms in total. The fourth-order valence-electron chi connectivity index (χ4n) is 3.52. The quantitative estimate of drug-likeness (QED) is 0.857. The molecule has 0 aromatic heterocycles. The fourth-order valence-corrected chi connectivity index (χ4v) is 3.52. The van der Waals surface area contributed by atoms with E-state index in [1.54, 1.807) is 21.6 Å². The normalized spacial score (nSPS) is 19.8. The van der Waals surface area contributed by atoms with E-state index < -0.39 is 0 Å². The van der Waals surface area contributed by atoms with Crippen LogP contribution in [0.1, 0.15) is 24.5 Å². The predicted octanol–water partition coefficient (Wildman–Crippen LogP) is 1.89. The van der Waals surface area contributed by atoms with Gasteiger partial charge in [0.2, 0.25) is 5.91 Å². The van der Waals surface area contributed by atoms with Gasteiger partial charge in [0, 0.05) is 44.8 Å². The number of hydrogen-bond acceptors (Lipinski definition) is 4. The van der Waals surface area contributed by atoms with E-state index in [1.165, 1.54) is 5.56 Å². The standard InChI is InChI=1S/C20H28N4O4/c1-4-28-20(27)23-9-7-22(8-10-23)19(26)21-16-12-18(25)24(13-16)17-6-5-14(2)15(3)11-17/h5-6,11,16H,4,7-10,12-13H2,1-3H3,(H,21,26). The van der Waals surface area contributed by atoms with E-state index in [2.05, 4.69) is 5.32 Å². The third-order valence-corrected chi connectivity index (χ3v) is 5.35. The average Bonchev–Trinajstić information content (AvgIpc) is 3.04. The number of aryl methyl sites for hydroxylation is 2. The molecule has 2 aliphatic heterocycles. The van der Waals surface area contributed by atoms with Crippen molar-refractivity contribution in [2.24, 2.45) is 0 Å². The van der Waals surface area contributed by atoms with Gasteiger partial charge in [-0.05, 0) is 44.0 Å². The van der Waals surface area contributed by atoms with Crippen molar-refractivity contribution in [1.82, 2.24) is 15.1 Å². The van der Waals surface area contributed by atoms with Crippen LogP contribution in [0.2, 0.25) is 0 Å². The highest BCUT2D eigenvalue weighted by Crippen LogP contribution is 2.24. The maximum absolute atomic E-state index is 12.6. The Hall–Kier alpha value is -2.77. The summed E-state index contributed by atoms with van der Waals surface area (Å²) in [6.07, 6.45) is -0.0467. The molecule has 8 heteroatoms. The second-order valence-corrected chi connectivity index (χ2v) is 7.30. The molecular formula is C20H28N4O4. The van der Waals surface area contributed by atoms with Gasteiger partial charge in [0.05, 0.1) is 12.6 Å². The summed E-state index contributed by atoms with van der Waals surface area (Å²) in [5.74, 6) is 0.0145. The van der Waals surface area contributed by atoms with Crippen LogP contribution in [-0.2, 0) is 9.53 Å². The molecule has 0 aliphatic carbocycles. The van der Waals surface area contributed by atoms with E-state index in [4.69, 9.17) is 4.74 Å². The van der Waals surface area contributed by atoms with Crippen LogP contribution in [-0.4, -0.2) is 73.2 Å². The van der Waals surface area contributed by atoms with Crippen LogP contribution in [0.3, 0.4) is 0 Å². The number of urea groups is 1. The maximum Gasteiger partial charge on any atom is 0.409 e. The van der Waals surface area contributed by atoms with Gasteiger partial charge in [-0.1, -0.05) is 6.07 Å². The molecule has 0 radical (unpaired) electrons. The van der Waals surface area contributed by atoms with E-state index in [1.807, 2.05) is 32.0 Å². The van der Waals surface area contributed by atoms with Crippen molar-refractivity contribution in [1.29, 1.82) is 0 Å². The van der Waals surface area contributed by atoms with Gasteiger partial charge >= 0.3 is 12.1 Å². The molecule has 4 amide bonds. The number of amides is 4. The van der Waals surface area contributed by atoms with Crippen molar-refractivity contribution in [3.05, 3.63) is 29.3 Å². The number of hydrogen-bond donors (Lipinski definition) is 1. The summed E-state index contributed by atoms with van der Waals surface area (Å²) in [5, 5.41) is 2.96. The Morgan fingerprint density at radius 1 is 1.11 bits per heavy atom. The van der Waals surface area contributed by atoms with Gasteiger partial charge in [-0.3, -0.25) is 4.79 Å². The Morgan fingerprint density at radius 3 is 2.43 bits per heavy atom. The van der Waals surface area contributed by atoms with Gasteiger partial charge in [-0.25, -0.2) is 9.59 Å². The molecule has 1 aromatic carbocycles. The van der Waals surface area contributed by atoms with Gasteiger partial charge in [-0.15, -0.1) is 0 Å². The topological polar surface area (TPSA) is 82.2 Å². The van der Waals surface area contributed by atoms with Gasteiger partial charge < -0.3 is 24.8 Å². The van der Waals surface area contributed by atoms with Gasteiger partial charge in [0.15, 0.2) is 0 Å². The van der Waals surface area contributed by atoms with Gasteiger partial charge in [0.1, 0.15) is 0 Å². The third-order valence-electron chi connectivity index (χ3n) is 5.35. The second-order valence-electron chi connectivity index (χ2n) is 7.30. The lowest BCUT2D eigenvalue weighted by molar-refractivity contribution is -0.117. The molecule has 1 N–H and O–H groups in total. The summed E-state index contributed by atoms with van der Waals surface area (Å²) in [5.41, 5.74) is 3.19. The zero-order valence-corrected chi connectivity index (χ0v) is 16.7. The molecule has 0 spiro atoms. The van der Waals surface area contributed by atoms with Gasteiger partial charge in [-0.2, -0.15) is 0 Å². The molecule has 0 bridgehead atoms. The molecule has 2 fully saturated rings.